The Morgan fingerprint density at radius 1 is 1.21 bits per heavy atom. The highest BCUT2D eigenvalue weighted by molar-refractivity contribution is 7.21. The zero-order chi connectivity index (χ0) is 17.1. The molecule has 7 nitrogen and oxygen atoms in total. The molecule has 2 fully saturated rings. The van der Waals surface area contributed by atoms with E-state index in [1.54, 1.807) is 12.1 Å². The number of fused-ring (bicyclic) bond motifs is 1. The maximum Gasteiger partial charge on any atom is 0.259 e. The molecule has 2 aliphatic heterocycles. The molecule has 2 aliphatic rings. The number of thiophene rings is 1. The fourth-order valence-electron chi connectivity index (χ4n) is 3.36. The van der Waals surface area contributed by atoms with E-state index in [9.17, 15) is 19.2 Å². The number of amides is 4. The van der Waals surface area contributed by atoms with Gasteiger partial charge in [0.2, 0.25) is 11.8 Å². The molecule has 1 aromatic heterocycles. The molecule has 4 amide bonds. The summed E-state index contributed by atoms with van der Waals surface area (Å²) in [5.74, 6) is -1.63. The number of nitrogens with one attached hydrogen (secondary N) is 1. The minimum atomic E-state index is -0.814. The summed E-state index contributed by atoms with van der Waals surface area (Å²) in [7, 11) is 0. The van der Waals surface area contributed by atoms with Gasteiger partial charge >= 0.3 is 0 Å². The van der Waals surface area contributed by atoms with Crippen molar-refractivity contribution in [2.75, 3.05) is 13.1 Å². The van der Waals surface area contributed by atoms with Crippen molar-refractivity contribution in [3.8, 4) is 0 Å². The fourth-order valence-corrected chi connectivity index (χ4v) is 4.41. The largest absolute Gasteiger partial charge is 0.365 e. The lowest BCUT2D eigenvalue weighted by molar-refractivity contribution is -0.134. The second-order valence-corrected chi connectivity index (χ2v) is 7.21. The van der Waals surface area contributed by atoms with Crippen molar-refractivity contribution in [1.29, 1.82) is 0 Å². The van der Waals surface area contributed by atoms with E-state index in [0.717, 1.165) is 4.70 Å². The summed E-state index contributed by atoms with van der Waals surface area (Å²) in [6.07, 6.45) is 0.0999. The molecule has 0 atom stereocenters. The molecule has 8 heteroatoms. The van der Waals surface area contributed by atoms with E-state index in [1.165, 1.54) is 16.2 Å². The maximum atomic E-state index is 12.9. The average Bonchev–Trinajstić information content (AvgIpc) is 3.02. The SMILES string of the molecule is NC(=O)c1sc2ccccc2c1C(=O)N1CC2(CC(=O)NC2=O)C1. The van der Waals surface area contributed by atoms with E-state index in [-0.39, 0.29) is 47.7 Å². The number of benzene rings is 1. The predicted molar refractivity (Wildman–Crippen MR) is 86.4 cm³/mol. The van der Waals surface area contributed by atoms with Crippen LogP contribution in [0.15, 0.2) is 24.3 Å². The van der Waals surface area contributed by atoms with Crippen molar-refractivity contribution in [3.63, 3.8) is 0 Å². The van der Waals surface area contributed by atoms with Crippen LogP contribution in [-0.2, 0) is 9.59 Å². The van der Waals surface area contributed by atoms with Gasteiger partial charge in [0, 0.05) is 29.6 Å². The molecule has 122 valence electrons. The number of likely N-dealkylation sites (tertiary alicyclic amines) is 1. The van der Waals surface area contributed by atoms with E-state index in [0.29, 0.717) is 5.39 Å². The molecule has 24 heavy (non-hydrogen) atoms. The summed E-state index contributed by atoms with van der Waals surface area (Å²) < 4.78 is 0.804. The van der Waals surface area contributed by atoms with Gasteiger partial charge < -0.3 is 10.6 Å². The van der Waals surface area contributed by atoms with Crippen LogP contribution in [0.1, 0.15) is 26.5 Å². The maximum absolute atomic E-state index is 12.9. The molecule has 0 unspecified atom stereocenters. The van der Waals surface area contributed by atoms with Gasteiger partial charge in [-0.25, -0.2) is 0 Å². The van der Waals surface area contributed by atoms with Crippen molar-refractivity contribution in [3.05, 3.63) is 34.7 Å². The number of hydrogen-bond donors (Lipinski definition) is 2. The lowest BCUT2D eigenvalue weighted by atomic mass is 9.78. The van der Waals surface area contributed by atoms with Gasteiger partial charge in [0.15, 0.2) is 0 Å². The van der Waals surface area contributed by atoms with Crippen LogP contribution in [-0.4, -0.2) is 41.6 Å². The van der Waals surface area contributed by atoms with Crippen LogP contribution in [0.5, 0.6) is 0 Å². The van der Waals surface area contributed by atoms with Gasteiger partial charge in [-0.1, -0.05) is 18.2 Å². The highest BCUT2D eigenvalue weighted by atomic mass is 32.1. The molecule has 2 saturated heterocycles. The molecular weight excluding hydrogens is 330 g/mol. The molecule has 1 aromatic carbocycles. The lowest BCUT2D eigenvalue weighted by Crippen LogP contribution is -2.61. The van der Waals surface area contributed by atoms with Gasteiger partial charge in [0.25, 0.3) is 11.8 Å². The van der Waals surface area contributed by atoms with Crippen LogP contribution in [0.25, 0.3) is 10.1 Å². The Labute approximate surface area is 140 Å². The quantitative estimate of drug-likeness (QED) is 0.773. The lowest BCUT2D eigenvalue weighted by Gasteiger charge is -2.45. The first kappa shape index (κ1) is 14.8. The Kier molecular flexibility index (Phi) is 3.01. The number of nitrogens with zero attached hydrogens (tertiary/aromatic N) is 1. The number of carbonyl (C=O) groups is 4. The molecule has 1 spiro atoms. The van der Waals surface area contributed by atoms with Crippen molar-refractivity contribution in [1.82, 2.24) is 10.2 Å². The van der Waals surface area contributed by atoms with Gasteiger partial charge in [-0.15, -0.1) is 11.3 Å². The average molecular weight is 343 g/mol. The number of nitrogens with two attached hydrogens (primary N) is 1. The molecule has 3 heterocycles. The van der Waals surface area contributed by atoms with E-state index < -0.39 is 11.3 Å². The fraction of sp³-hybridized carbons (Fsp3) is 0.250. The summed E-state index contributed by atoms with van der Waals surface area (Å²) >= 11 is 1.18. The third-order valence-electron chi connectivity index (χ3n) is 4.54. The molecule has 0 radical (unpaired) electrons. The number of imide groups is 1. The second-order valence-electron chi connectivity index (χ2n) is 6.16. The summed E-state index contributed by atoms with van der Waals surface area (Å²) in [4.78, 5) is 49.6. The van der Waals surface area contributed by atoms with E-state index in [2.05, 4.69) is 5.32 Å². The van der Waals surface area contributed by atoms with Crippen LogP contribution < -0.4 is 11.1 Å². The number of hydrogen-bond acceptors (Lipinski definition) is 5. The van der Waals surface area contributed by atoms with Gasteiger partial charge in [0.05, 0.1) is 11.0 Å². The zero-order valence-corrected chi connectivity index (χ0v) is 13.3. The Morgan fingerprint density at radius 3 is 2.54 bits per heavy atom. The molecule has 3 N–H and O–H groups in total. The van der Waals surface area contributed by atoms with E-state index in [4.69, 9.17) is 5.73 Å². The number of carbonyl (C=O) groups excluding carboxylic acids is 4. The molecule has 4 rings (SSSR count). The minimum Gasteiger partial charge on any atom is -0.365 e. The van der Waals surface area contributed by atoms with Gasteiger partial charge in [0.1, 0.15) is 4.88 Å². The summed E-state index contributed by atoms with van der Waals surface area (Å²) in [6.45, 7) is 0.345. The first-order chi connectivity index (χ1) is 11.4. The normalized spacial score (nSPS) is 18.8. The van der Waals surface area contributed by atoms with Crippen molar-refractivity contribution in [2.24, 2.45) is 11.1 Å². The van der Waals surface area contributed by atoms with Crippen molar-refractivity contribution in [2.45, 2.75) is 6.42 Å². The summed E-state index contributed by atoms with van der Waals surface area (Å²) in [5, 5.41) is 2.95. The number of rotatable bonds is 2. The first-order valence-corrected chi connectivity index (χ1v) is 8.18. The third-order valence-corrected chi connectivity index (χ3v) is 5.73. The number of primary amides is 1. The second kappa shape index (κ2) is 4.88. The monoisotopic (exact) mass is 343 g/mol. The molecule has 2 aromatic rings. The van der Waals surface area contributed by atoms with Crippen LogP contribution in [0.3, 0.4) is 0 Å². The van der Waals surface area contributed by atoms with Crippen LogP contribution >= 0.6 is 11.3 Å². The third kappa shape index (κ3) is 1.96. The Bertz CT molecular complexity index is 927. The highest BCUT2D eigenvalue weighted by Gasteiger charge is 2.56. The van der Waals surface area contributed by atoms with E-state index >= 15 is 0 Å². The standard InChI is InChI=1S/C16H13N3O4S/c17-13(21)12-11(8-3-1-2-4-9(8)24-12)14(22)19-6-16(7-19)5-10(20)18-15(16)23/h1-4H,5-7H2,(H2,17,21)(H,18,20,23). The summed E-state index contributed by atoms with van der Waals surface area (Å²) in [6, 6.07) is 7.21. The van der Waals surface area contributed by atoms with Crippen LogP contribution in [0.4, 0.5) is 0 Å². The molecule has 0 aliphatic carbocycles. The smallest absolute Gasteiger partial charge is 0.259 e. The van der Waals surface area contributed by atoms with Gasteiger partial charge in [-0.3, -0.25) is 24.5 Å². The summed E-state index contributed by atoms with van der Waals surface area (Å²) in [5.41, 5.74) is 4.89. The zero-order valence-electron chi connectivity index (χ0n) is 12.5. The Morgan fingerprint density at radius 2 is 1.92 bits per heavy atom. The minimum absolute atomic E-state index is 0.0999. The van der Waals surface area contributed by atoms with E-state index in [1.807, 2.05) is 12.1 Å². The highest BCUT2D eigenvalue weighted by Crippen LogP contribution is 2.40. The van der Waals surface area contributed by atoms with Crippen molar-refractivity contribution >= 4 is 45.1 Å². The van der Waals surface area contributed by atoms with Crippen LogP contribution in [0.2, 0.25) is 0 Å². The first-order valence-electron chi connectivity index (χ1n) is 7.36. The van der Waals surface area contributed by atoms with Crippen molar-refractivity contribution < 1.29 is 19.2 Å². The Balaban J connectivity index is 1.68. The molecule has 0 saturated carbocycles. The molecule has 0 bridgehead atoms. The topological polar surface area (TPSA) is 110 Å². The molecular formula is C16H13N3O4S. The van der Waals surface area contributed by atoms with Gasteiger partial charge in [-0.05, 0) is 6.07 Å². The van der Waals surface area contributed by atoms with Crippen LogP contribution in [0, 0.1) is 5.41 Å². The predicted octanol–water partition coefficient (Wildman–Crippen LogP) is 0.489. The Hall–Kier alpha value is -2.74. The van der Waals surface area contributed by atoms with Gasteiger partial charge in [-0.2, -0.15) is 0 Å².